The number of aryl methyl sites for hydroxylation is 1. The van der Waals surface area contributed by atoms with Crippen molar-refractivity contribution >= 4 is 5.91 Å². The molecule has 1 aromatic carbocycles. The van der Waals surface area contributed by atoms with Crippen LogP contribution in [-0.4, -0.2) is 60.5 Å². The van der Waals surface area contributed by atoms with Crippen molar-refractivity contribution in [2.24, 2.45) is 5.92 Å². The molecular weight excluding hydrogens is 338 g/mol. The summed E-state index contributed by atoms with van der Waals surface area (Å²) in [6.07, 6.45) is 2.72. The lowest BCUT2D eigenvalue weighted by Gasteiger charge is -2.38. The van der Waals surface area contributed by atoms with Crippen LogP contribution in [0.15, 0.2) is 42.6 Å². The summed E-state index contributed by atoms with van der Waals surface area (Å²) in [4.78, 5) is 21.9. The number of hydrogen-bond acceptors (Lipinski definition) is 4. The van der Waals surface area contributed by atoms with Crippen LogP contribution in [-0.2, 0) is 0 Å². The minimum absolute atomic E-state index is 0.0644. The van der Waals surface area contributed by atoms with Crippen LogP contribution in [0.2, 0.25) is 0 Å². The van der Waals surface area contributed by atoms with E-state index in [0.29, 0.717) is 23.6 Å². The molecule has 0 radical (unpaired) electrons. The third-order valence-electron chi connectivity index (χ3n) is 6.23. The molecular formula is C22H27N3O2. The molecule has 2 saturated heterocycles. The van der Waals surface area contributed by atoms with Crippen LogP contribution in [0.25, 0.3) is 0 Å². The van der Waals surface area contributed by atoms with Gasteiger partial charge in [-0.05, 0) is 49.7 Å². The fraction of sp³-hybridized carbons (Fsp3) is 0.455. The molecule has 3 atom stereocenters. The highest BCUT2D eigenvalue weighted by atomic mass is 16.5. The Bertz CT molecular complexity index is 821. The van der Waals surface area contributed by atoms with Gasteiger partial charge in [0.15, 0.2) is 0 Å². The Morgan fingerprint density at radius 1 is 1.19 bits per heavy atom. The molecule has 0 N–H and O–H groups in total. The second-order valence-electron chi connectivity index (χ2n) is 7.76. The SMILES string of the molecule is COc1ccc([C@H]2CN(C)[C@@H]3CCN(C(=O)c4ncccc4C)C[C@H]23)cc1. The van der Waals surface area contributed by atoms with E-state index >= 15 is 0 Å². The summed E-state index contributed by atoms with van der Waals surface area (Å²) in [6, 6.07) is 12.8. The van der Waals surface area contributed by atoms with E-state index in [1.165, 1.54) is 5.56 Å². The maximum absolute atomic E-state index is 13.1. The van der Waals surface area contributed by atoms with Gasteiger partial charge in [-0.2, -0.15) is 0 Å². The van der Waals surface area contributed by atoms with Gasteiger partial charge in [-0.3, -0.25) is 9.78 Å². The molecule has 0 unspecified atom stereocenters. The van der Waals surface area contributed by atoms with Crippen LogP contribution in [0.1, 0.15) is 34.0 Å². The van der Waals surface area contributed by atoms with Gasteiger partial charge in [0.2, 0.25) is 0 Å². The van der Waals surface area contributed by atoms with Gasteiger partial charge in [-0.25, -0.2) is 0 Å². The number of piperidine rings is 1. The first kappa shape index (κ1) is 18.0. The molecule has 2 aliphatic heterocycles. The van der Waals surface area contributed by atoms with E-state index in [0.717, 1.165) is 37.4 Å². The fourth-order valence-corrected chi connectivity index (χ4v) is 4.74. The van der Waals surface area contributed by atoms with Gasteiger partial charge in [0, 0.05) is 43.7 Å². The molecule has 1 aromatic heterocycles. The molecule has 1 amide bonds. The van der Waals surface area contributed by atoms with Gasteiger partial charge in [0.05, 0.1) is 7.11 Å². The van der Waals surface area contributed by atoms with E-state index in [1.54, 1.807) is 13.3 Å². The Morgan fingerprint density at radius 2 is 1.96 bits per heavy atom. The molecule has 0 aliphatic carbocycles. The number of likely N-dealkylation sites (tertiary alicyclic amines) is 2. The Kier molecular flexibility index (Phi) is 4.87. The Labute approximate surface area is 161 Å². The number of hydrogen-bond donors (Lipinski definition) is 0. The third kappa shape index (κ3) is 3.32. The number of carbonyl (C=O) groups is 1. The van der Waals surface area contributed by atoms with Crippen molar-refractivity contribution < 1.29 is 9.53 Å². The number of methoxy groups -OCH3 is 1. The van der Waals surface area contributed by atoms with Crippen molar-refractivity contribution in [3.63, 3.8) is 0 Å². The first-order chi connectivity index (χ1) is 13.1. The van der Waals surface area contributed by atoms with E-state index in [4.69, 9.17) is 4.74 Å². The number of rotatable bonds is 3. The van der Waals surface area contributed by atoms with Gasteiger partial charge in [-0.15, -0.1) is 0 Å². The highest BCUT2D eigenvalue weighted by Crippen LogP contribution is 2.41. The second kappa shape index (κ2) is 7.31. The lowest BCUT2D eigenvalue weighted by atomic mass is 9.81. The van der Waals surface area contributed by atoms with E-state index < -0.39 is 0 Å². The van der Waals surface area contributed by atoms with E-state index in [1.807, 2.05) is 36.1 Å². The molecule has 142 valence electrons. The highest BCUT2D eigenvalue weighted by molar-refractivity contribution is 5.93. The average Bonchev–Trinajstić information content (AvgIpc) is 3.04. The molecule has 0 bridgehead atoms. The van der Waals surface area contributed by atoms with Crippen LogP contribution in [0.3, 0.4) is 0 Å². The van der Waals surface area contributed by atoms with Gasteiger partial charge >= 0.3 is 0 Å². The van der Waals surface area contributed by atoms with E-state index in [2.05, 4.69) is 29.1 Å². The minimum atomic E-state index is 0.0644. The topological polar surface area (TPSA) is 45.7 Å². The number of likely N-dealkylation sites (N-methyl/N-ethyl adjacent to an activating group) is 1. The number of nitrogens with zero attached hydrogens (tertiary/aromatic N) is 3. The standard InChI is InChI=1S/C22H27N3O2/c1-15-5-4-11-23-21(15)22(26)25-12-10-20-19(14-25)18(13-24(20)2)16-6-8-17(27-3)9-7-16/h4-9,11,18-20H,10,12-14H2,1-3H3/t18-,19-,20-/m1/s1. The molecule has 5 heteroatoms. The van der Waals surface area contributed by atoms with Crippen LogP contribution >= 0.6 is 0 Å². The largest absolute Gasteiger partial charge is 0.497 e. The van der Waals surface area contributed by atoms with Gasteiger partial charge in [0.1, 0.15) is 11.4 Å². The van der Waals surface area contributed by atoms with Gasteiger partial charge in [0.25, 0.3) is 5.91 Å². The number of ether oxygens (including phenoxy) is 1. The number of pyridine rings is 1. The molecule has 2 aliphatic rings. The quantitative estimate of drug-likeness (QED) is 0.839. The van der Waals surface area contributed by atoms with Crippen molar-refractivity contribution in [3.8, 4) is 5.75 Å². The lowest BCUT2D eigenvalue weighted by Crippen LogP contribution is -2.48. The lowest BCUT2D eigenvalue weighted by molar-refractivity contribution is 0.0601. The van der Waals surface area contributed by atoms with E-state index in [-0.39, 0.29) is 5.91 Å². The summed E-state index contributed by atoms with van der Waals surface area (Å²) < 4.78 is 5.30. The van der Waals surface area contributed by atoms with Gasteiger partial charge < -0.3 is 14.5 Å². The molecule has 0 saturated carbocycles. The predicted molar refractivity (Wildman–Crippen MR) is 105 cm³/mol. The average molecular weight is 365 g/mol. The molecule has 2 aromatic rings. The normalized spacial score (nSPS) is 25.3. The van der Waals surface area contributed by atoms with Crippen LogP contribution in [0.5, 0.6) is 5.75 Å². The maximum Gasteiger partial charge on any atom is 0.272 e. The smallest absolute Gasteiger partial charge is 0.272 e. The number of aromatic nitrogens is 1. The molecule has 2 fully saturated rings. The molecule has 4 rings (SSSR count). The van der Waals surface area contributed by atoms with E-state index in [9.17, 15) is 4.79 Å². The zero-order valence-electron chi connectivity index (χ0n) is 16.3. The van der Waals surface area contributed by atoms with Crippen molar-refractivity contribution in [1.29, 1.82) is 0 Å². The summed E-state index contributed by atoms with van der Waals surface area (Å²) in [5, 5.41) is 0. The Hall–Kier alpha value is -2.40. The first-order valence-corrected chi connectivity index (χ1v) is 9.63. The molecule has 3 heterocycles. The van der Waals surface area contributed by atoms with Gasteiger partial charge in [-0.1, -0.05) is 18.2 Å². The number of amides is 1. The van der Waals surface area contributed by atoms with Crippen molar-refractivity contribution in [2.45, 2.75) is 25.3 Å². The Balaban J connectivity index is 1.56. The number of benzene rings is 1. The van der Waals surface area contributed by atoms with Crippen LogP contribution < -0.4 is 4.74 Å². The third-order valence-corrected chi connectivity index (χ3v) is 6.23. The zero-order chi connectivity index (χ0) is 19.0. The monoisotopic (exact) mass is 365 g/mol. The second-order valence-corrected chi connectivity index (χ2v) is 7.76. The summed E-state index contributed by atoms with van der Waals surface area (Å²) in [5.41, 5.74) is 2.86. The fourth-order valence-electron chi connectivity index (χ4n) is 4.74. The van der Waals surface area contributed by atoms with Crippen molar-refractivity contribution in [2.75, 3.05) is 33.8 Å². The summed E-state index contributed by atoms with van der Waals surface area (Å²) >= 11 is 0. The number of fused-ring (bicyclic) bond motifs is 1. The van der Waals surface area contributed by atoms with Crippen LogP contribution in [0, 0.1) is 12.8 Å². The molecule has 0 spiro atoms. The highest BCUT2D eigenvalue weighted by Gasteiger charge is 2.44. The summed E-state index contributed by atoms with van der Waals surface area (Å²) in [5.74, 6) is 1.83. The van der Waals surface area contributed by atoms with Crippen molar-refractivity contribution in [1.82, 2.24) is 14.8 Å². The first-order valence-electron chi connectivity index (χ1n) is 9.63. The van der Waals surface area contributed by atoms with Crippen LogP contribution in [0.4, 0.5) is 0 Å². The summed E-state index contributed by atoms with van der Waals surface area (Å²) in [6.45, 7) is 4.58. The number of carbonyl (C=O) groups excluding carboxylic acids is 1. The maximum atomic E-state index is 13.1. The summed E-state index contributed by atoms with van der Waals surface area (Å²) in [7, 11) is 3.90. The minimum Gasteiger partial charge on any atom is -0.497 e. The zero-order valence-corrected chi connectivity index (χ0v) is 16.3. The molecule has 5 nitrogen and oxygen atoms in total. The molecule has 27 heavy (non-hydrogen) atoms. The Morgan fingerprint density at radius 3 is 2.67 bits per heavy atom. The van der Waals surface area contributed by atoms with Crippen molar-refractivity contribution in [3.05, 3.63) is 59.4 Å². The predicted octanol–water partition coefficient (Wildman–Crippen LogP) is 2.96.